The van der Waals surface area contributed by atoms with E-state index in [1.165, 1.54) is 0 Å². The number of aliphatic hydroxyl groups is 1. The summed E-state index contributed by atoms with van der Waals surface area (Å²) in [6, 6.07) is -0.560. The third-order valence-electron chi connectivity index (χ3n) is 3.59. The molecule has 0 heterocycles. The van der Waals surface area contributed by atoms with Gasteiger partial charge in [-0.1, -0.05) is 6.92 Å². The second-order valence-corrected chi connectivity index (χ2v) is 7.22. The molecule has 0 rings (SSSR count). The van der Waals surface area contributed by atoms with Crippen LogP contribution in [0.2, 0.25) is 0 Å². The molecule has 2 amide bonds. The molecule has 0 fully saturated rings. The molecule has 1 unspecified atom stereocenters. The lowest BCUT2D eigenvalue weighted by Gasteiger charge is -2.41. The minimum Gasteiger partial charge on any atom is -0.396 e. The van der Waals surface area contributed by atoms with Crippen LogP contribution in [-0.4, -0.2) is 52.8 Å². The molecular weight excluding hydrogens is 300 g/mol. The molecule has 0 aromatic rings. The number of likely N-dealkylation sites (N-methyl/N-ethyl adjacent to an activating group) is 1. The largest absolute Gasteiger partial charge is 0.396 e. The van der Waals surface area contributed by atoms with Crippen molar-refractivity contribution < 1.29 is 14.7 Å². The Morgan fingerprint density at radius 2 is 1.86 bits per heavy atom. The van der Waals surface area contributed by atoms with E-state index in [-0.39, 0.29) is 24.3 Å². The average Bonchev–Trinajstić information content (AvgIpc) is 2.44. The zero-order valence-electron chi connectivity index (χ0n) is 14.6. The first kappa shape index (κ1) is 21.2. The lowest BCUT2D eigenvalue weighted by molar-refractivity contribution is -0.147. The molecule has 0 radical (unpaired) electrons. The first-order valence-electron chi connectivity index (χ1n) is 7.94. The molecule has 0 saturated carbocycles. The molecule has 0 saturated heterocycles. The summed E-state index contributed by atoms with van der Waals surface area (Å²) < 4.78 is 0. The van der Waals surface area contributed by atoms with Crippen molar-refractivity contribution in [1.82, 2.24) is 10.2 Å². The first-order valence-corrected chi connectivity index (χ1v) is 8.57. The highest BCUT2D eigenvalue weighted by Gasteiger charge is 2.37. The van der Waals surface area contributed by atoms with Crippen LogP contribution in [0, 0.1) is 5.92 Å². The van der Waals surface area contributed by atoms with Crippen LogP contribution in [0.3, 0.4) is 0 Å². The average molecular weight is 333 g/mol. The molecular formula is C16H32N2O3S. The number of carbonyl (C=O) groups excluding carboxylic acids is 2. The van der Waals surface area contributed by atoms with E-state index in [0.29, 0.717) is 12.8 Å². The number of nitrogens with zero attached hydrogens (tertiary/aromatic N) is 1. The van der Waals surface area contributed by atoms with Gasteiger partial charge < -0.3 is 15.3 Å². The molecule has 0 bridgehead atoms. The van der Waals surface area contributed by atoms with Gasteiger partial charge in [-0.3, -0.25) is 9.59 Å². The van der Waals surface area contributed by atoms with E-state index in [0.717, 1.165) is 18.6 Å². The molecule has 5 nitrogen and oxygen atoms in total. The number of aliphatic hydroxyl groups excluding tert-OH is 1. The van der Waals surface area contributed by atoms with Crippen LogP contribution in [0.25, 0.3) is 0 Å². The van der Waals surface area contributed by atoms with Gasteiger partial charge in [0.15, 0.2) is 0 Å². The van der Waals surface area contributed by atoms with Gasteiger partial charge in [-0.15, -0.1) is 0 Å². The molecule has 0 aliphatic heterocycles. The number of carbonyl (C=O) groups is 2. The van der Waals surface area contributed by atoms with Gasteiger partial charge >= 0.3 is 0 Å². The van der Waals surface area contributed by atoms with Crippen molar-refractivity contribution in [3.8, 4) is 0 Å². The van der Waals surface area contributed by atoms with Crippen molar-refractivity contribution in [1.29, 1.82) is 0 Å². The molecule has 0 aromatic carbocycles. The normalized spacial score (nSPS) is 14.3. The Bertz CT molecular complexity index is 356. The molecule has 0 spiro atoms. The van der Waals surface area contributed by atoms with Gasteiger partial charge in [0.05, 0.1) is 0 Å². The van der Waals surface area contributed by atoms with E-state index in [4.69, 9.17) is 0 Å². The van der Waals surface area contributed by atoms with Crippen molar-refractivity contribution >= 4 is 24.4 Å². The molecule has 0 aliphatic carbocycles. The van der Waals surface area contributed by atoms with Gasteiger partial charge in [0.2, 0.25) is 11.8 Å². The number of thiol groups is 1. The van der Waals surface area contributed by atoms with Crippen LogP contribution in [0.4, 0.5) is 0 Å². The topological polar surface area (TPSA) is 69.6 Å². The van der Waals surface area contributed by atoms with E-state index in [9.17, 15) is 14.7 Å². The van der Waals surface area contributed by atoms with E-state index in [1.807, 2.05) is 27.7 Å². The minimum atomic E-state index is -0.560. The fraction of sp³-hybridized carbons (Fsp3) is 0.875. The summed E-state index contributed by atoms with van der Waals surface area (Å²) in [5, 5.41) is 11.9. The molecule has 2 atom stereocenters. The summed E-state index contributed by atoms with van der Waals surface area (Å²) >= 11 is 4.16. The molecule has 2 N–H and O–H groups in total. The number of hydrogen-bond donors (Lipinski definition) is 3. The summed E-state index contributed by atoms with van der Waals surface area (Å²) in [6.07, 6.45) is 2.51. The smallest absolute Gasteiger partial charge is 0.242 e. The van der Waals surface area contributed by atoms with E-state index >= 15 is 0 Å². The number of rotatable bonds is 9. The molecule has 22 heavy (non-hydrogen) atoms. The Labute approximate surface area is 140 Å². The van der Waals surface area contributed by atoms with Gasteiger partial charge in [0, 0.05) is 25.6 Å². The number of hydrogen-bond acceptors (Lipinski definition) is 4. The predicted octanol–water partition coefficient (Wildman–Crippen LogP) is 1.85. The Balaban J connectivity index is 5.30. The molecule has 0 aliphatic rings. The monoisotopic (exact) mass is 332 g/mol. The molecule has 130 valence electrons. The van der Waals surface area contributed by atoms with Crippen LogP contribution in [0.15, 0.2) is 0 Å². The summed E-state index contributed by atoms with van der Waals surface area (Å²) in [5.41, 5.74) is -0.454. The van der Waals surface area contributed by atoms with Crippen molar-refractivity contribution in [2.45, 2.75) is 65.0 Å². The van der Waals surface area contributed by atoms with Crippen molar-refractivity contribution in [3.63, 3.8) is 0 Å². The summed E-state index contributed by atoms with van der Waals surface area (Å²) in [4.78, 5) is 26.6. The number of unbranched alkanes of at least 4 members (excludes halogenated alkanes) is 1. The zero-order valence-corrected chi connectivity index (χ0v) is 15.4. The first-order chi connectivity index (χ1) is 10.2. The highest BCUT2D eigenvalue weighted by atomic mass is 32.1. The Kier molecular flexibility index (Phi) is 9.76. The van der Waals surface area contributed by atoms with Gasteiger partial charge in [0.1, 0.15) is 6.04 Å². The maximum Gasteiger partial charge on any atom is 0.242 e. The van der Waals surface area contributed by atoms with Crippen LogP contribution >= 0.6 is 12.6 Å². The fourth-order valence-corrected chi connectivity index (χ4v) is 2.70. The maximum atomic E-state index is 12.7. The second-order valence-electron chi connectivity index (χ2n) is 6.77. The SMILES string of the molecule is CNC(=O)[C@H](CC(C)CO)N(C(=O)CCCCS)C(C)(C)C. The fourth-order valence-electron chi connectivity index (χ4n) is 2.48. The standard InChI is InChI=1S/C16H32N2O3S/c1-12(11-19)10-13(15(21)17-5)18(16(2,3)4)14(20)8-6-7-9-22/h12-13,19,22H,6-11H2,1-5H3,(H,17,21)/t12?,13-/m0/s1. The Morgan fingerprint density at radius 1 is 1.27 bits per heavy atom. The Hall–Kier alpha value is -0.750. The predicted molar refractivity (Wildman–Crippen MR) is 93.0 cm³/mol. The molecule has 0 aromatic heterocycles. The summed E-state index contributed by atoms with van der Waals surface area (Å²) in [7, 11) is 1.57. The van der Waals surface area contributed by atoms with Gasteiger partial charge in [-0.25, -0.2) is 0 Å². The number of nitrogens with one attached hydrogen (secondary N) is 1. The van der Waals surface area contributed by atoms with E-state index in [1.54, 1.807) is 11.9 Å². The van der Waals surface area contributed by atoms with Crippen molar-refractivity contribution in [3.05, 3.63) is 0 Å². The second kappa shape index (κ2) is 10.1. The lowest BCUT2D eigenvalue weighted by Crippen LogP contribution is -2.57. The highest BCUT2D eigenvalue weighted by Crippen LogP contribution is 2.24. The quantitative estimate of drug-likeness (QED) is 0.446. The van der Waals surface area contributed by atoms with E-state index < -0.39 is 11.6 Å². The van der Waals surface area contributed by atoms with Crippen molar-refractivity contribution in [2.24, 2.45) is 5.92 Å². The summed E-state index contributed by atoms with van der Waals surface area (Å²) in [6.45, 7) is 7.68. The Morgan fingerprint density at radius 3 is 2.27 bits per heavy atom. The lowest BCUT2D eigenvalue weighted by atomic mass is 9.94. The maximum absolute atomic E-state index is 12.7. The van der Waals surface area contributed by atoms with E-state index in [2.05, 4.69) is 17.9 Å². The van der Waals surface area contributed by atoms with Crippen LogP contribution in [0.1, 0.15) is 53.4 Å². The third kappa shape index (κ3) is 7.01. The van der Waals surface area contributed by atoms with Crippen LogP contribution < -0.4 is 5.32 Å². The molecule has 6 heteroatoms. The zero-order chi connectivity index (χ0) is 17.3. The third-order valence-corrected chi connectivity index (χ3v) is 3.90. The van der Waals surface area contributed by atoms with Gasteiger partial charge in [-0.05, 0) is 51.7 Å². The van der Waals surface area contributed by atoms with Crippen LogP contribution in [-0.2, 0) is 9.59 Å². The number of amides is 2. The highest BCUT2D eigenvalue weighted by molar-refractivity contribution is 7.80. The van der Waals surface area contributed by atoms with Gasteiger partial charge in [-0.2, -0.15) is 12.6 Å². The summed E-state index contributed by atoms with van der Waals surface area (Å²) in [5.74, 6) is 0.506. The van der Waals surface area contributed by atoms with Gasteiger partial charge in [0.25, 0.3) is 0 Å². The minimum absolute atomic E-state index is 0.000674. The van der Waals surface area contributed by atoms with Crippen LogP contribution in [0.5, 0.6) is 0 Å². The van der Waals surface area contributed by atoms with Crippen molar-refractivity contribution in [2.75, 3.05) is 19.4 Å².